The maximum atomic E-state index is 14.8. The highest BCUT2D eigenvalue weighted by Crippen LogP contribution is 2.47. The highest BCUT2D eigenvalue weighted by Gasteiger charge is 2.48. The molecule has 2 unspecified atom stereocenters. The molecule has 2 amide bonds. The minimum atomic E-state index is -4.91. The third-order valence-corrected chi connectivity index (χ3v) is 8.54. The van der Waals surface area contributed by atoms with Crippen LogP contribution in [0, 0.1) is 5.82 Å². The molecular weight excluding hydrogens is 659 g/mol. The summed E-state index contributed by atoms with van der Waals surface area (Å²) in [5, 5.41) is 5.16. The summed E-state index contributed by atoms with van der Waals surface area (Å²) in [6.45, 7) is 0. The predicted molar refractivity (Wildman–Crippen MR) is 144 cm³/mol. The molecule has 1 aliphatic rings. The van der Waals surface area contributed by atoms with Gasteiger partial charge in [-0.25, -0.2) is 18.0 Å². The zero-order valence-corrected chi connectivity index (χ0v) is 23.1. The minimum Gasteiger partial charge on any atom is -0.329 e. The van der Waals surface area contributed by atoms with Gasteiger partial charge in [0.25, 0.3) is 5.92 Å². The van der Waals surface area contributed by atoms with E-state index < -0.39 is 51.4 Å². The molecule has 2 N–H and O–H groups in total. The van der Waals surface area contributed by atoms with Crippen molar-refractivity contribution in [2.75, 3.05) is 0 Å². The predicted octanol–water partition coefficient (Wildman–Crippen LogP) is 8.19. The van der Waals surface area contributed by atoms with E-state index in [9.17, 15) is 31.1 Å². The molecule has 4 rings (SSSR count). The second-order valence-electron chi connectivity index (χ2n) is 9.33. The summed E-state index contributed by atoms with van der Waals surface area (Å²) in [7, 11) is 0. The van der Waals surface area contributed by atoms with Crippen LogP contribution in [0.2, 0.25) is 5.02 Å². The van der Waals surface area contributed by atoms with E-state index in [4.69, 9.17) is 11.6 Å². The van der Waals surface area contributed by atoms with Crippen LogP contribution in [0.15, 0.2) is 66.9 Å². The topological polar surface area (TPSA) is 54.0 Å². The normalized spacial score (nSPS) is 19.5. The number of benzene rings is 2. The molecule has 0 bridgehead atoms. The Kier molecular flexibility index (Phi) is 8.70. The van der Waals surface area contributed by atoms with Crippen LogP contribution in [0.4, 0.5) is 31.1 Å². The average molecular weight is 682 g/mol. The van der Waals surface area contributed by atoms with Crippen LogP contribution in [0.1, 0.15) is 52.0 Å². The first kappa shape index (κ1) is 29.4. The summed E-state index contributed by atoms with van der Waals surface area (Å²) >= 11 is 7.95. The zero-order chi connectivity index (χ0) is 28.4. The van der Waals surface area contributed by atoms with Crippen molar-refractivity contribution < 1.29 is 31.1 Å². The molecule has 12 heteroatoms. The summed E-state index contributed by atoms with van der Waals surface area (Å²) in [6.07, 6.45) is -3.27. The number of carbonyl (C=O) groups is 1. The van der Waals surface area contributed by atoms with Gasteiger partial charge in [-0.2, -0.15) is 13.2 Å². The summed E-state index contributed by atoms with van der Waals surface area (Å²) in [4.78, 5) is 17.7. The van der Waals surface area contributed by atoms with Crippen molar-refractivity contribution in [1.82, 2.24) is 15.6 Å². The fourth-order valence-electron chi connectivity index (χ4n) is 4.73. The van der Waals surface area contributed by atoms with Gasteiger partial charge in [-0.1, -0.05) is 70.9 Å². The van der Waals surface area contributed by atoms with E-state index in [1.165, 1.54) is 18.3 Å². The summed E-state index contributed by atoms with van der Waals surface area (Å²) < 4.78 is 84.4. The molecular formula is C27H23ClF6IN3O. The number of halogens is 8. The average Bonchev–Trinajstić information content (AvgIpc) is 2.88. The lowest BCUT2D eigenvalue weighted by atomic mass is 9.79. The van der Waals surface area contributed by atoms with E-state index in [0.29, 0.717) is 24.5 Å². The van der Waals surface area contributed by atoms with Gasteiger partial charge in [0.1, 0.15) is 11.4 Å². The monoisotopic (exact) mass is 681 g/mol. The van der Waals surface area contributed by atoms with Gasteiger partial charge >= 0.3 is 12.2 Å². The van der Waals surface area contributed by atoms with Crippen LogP contribution in [0.25, 0.3) is 0 Å². The number of alkyl halides is 6. The van der Waals surface area contributed by atoms with Crippen molar-refractivity contribution in [3.8, 4) is 0 Å². The number of hydrogen-bond donors (Lipinski definition) is 2. The van der Waals surface area contributed by atoms with Crippen molar-refractivity contribution >= 4 is 40.2 Å². The molecule has 0 radical (unpaired) electrons. The lowest BCUT2D eigenvalue weighted by molar-refractivity contribution is -0.137. The third-order valence-electron chi connectivity index (χ3n) is 6.66. The molecule has 1 aliphatic carbocycles. The quantitative estimate of drug-likeness (QED) is 0.157. The summed E-state index contributed by atoms with van der Waals surface area (Å²) in [5.41, 5.74) is -2.93. The first-order chi connectivity index (χ1) is 18.3. The molecule has 0 spiro atoms. The van der Waals surface area contributed by atoms with Crippen molar-refractivity contribution in [3.05, 3.63) is 100 Å². The number of nitrogens with one attached hydrogen (secondary N) is 2. The molecule has 39 heavy (non-hydrogen) atoms. The molecule has 2 aromatic carbocycles. The Labute approximate surface area is 239 Å². The highest BCUT2D eigenvalue weighted by atomic mass is 127. The van der Waals surface area contributed by atoms with Crippen LogP contribution in [0.3, 0.4) is 0 Å². The molecule has 1 saturated carbocycles. The fourth-order valence-corrected chi connectivity index (χ4v) is 6.09. The number of hydrogen-bond acceptors (Lipinski definition) is 2. The Balaban J connectivity index is 1.92. The summed E-state index contributed by atoms with van der Waals surface area (Å²) in [5.74, 6) is -4.36. The second-order valence-corrected chi connectivity index (χ2v) is 11.0. The molecule has 3 aromatic rings. The van der Waals surface area contributed by atoms with Crippen molar-refractivity contribution in [3.63, 3.8) is 0 Å². The number of nitrogens with zero attached hydrogens (tertiary/aromatic N) is 1. The lowest BCUT2D eigenvalue weighted by Gasteiger charge is -2.40. The van der Waals surface area contributed by atoms with Gasteiger partial charge in [-0.3, -0.25) is 4.98 Å². The van der Waals surface area contributed by atoms with E-state index in [1.54, 1.807) is 30.3 Å². The van der Waals surface area contributed by atoms with Gasteiger partial charge in [0.2, 0.25) is 0 Å². The standard InChI is InChI=1S/C27H23ClF6IN3O/c28-19-9-10-22(36-15-19)26(23(35)16-6-2-1-3-7-16,17-12-18(27(32,33)34)14-20(29)13-17)38-24(39)37-21-8-4-5-11-25(21,30)31/h1-3,6-7,9-10,12-15,21,23H,4-5,8,11H2,(H2,37,38,39)/t21?,23?,26-/m0/s1. The number of urea groups is 1. The Morgan fingerprint density at radius 2 is 1.74 bits per heavy atom. The Morgan fingerprint density at radius 3 is 2.36 bits per heavy atom. The van der Waals surface area contributed by atoms with Crippen LogP contribution in [0.5, 0.6) is 0 Å². The van der Waals surface area contributed by atoms with Crippen molar-refractivity contribution in [1.29, 1.82) is 0 Å². The van der Waals surface area contributed by atoms with Gasteiger partial charge in [-0.15, -0.1) is 0 Å². The van der Waals surface area contributed by atoms with Gasteiger partial charge in [0.15, 0.2) is 0 Å². The minimum absolute atomic E-state index is 0.0250. The van der Waals surface area contributed by atoms with Crippen molar-refractivity contribution in [2.24, 2.45) is 0 Å². The smallest absolute Gasteiger partial charge is 0.329 e. The maximum absolute atomic E-state index is 14.8. The number of aromatic nitrogens is 1. The molecule has 0 aliphatic heterocycles. The number of carbonyl (C=O) groups excluding carboxylic acids is 1. The van der Waals surface area contributed by atoms with E-state index in [1.807, 2.05) is 22.6 Å². The number of amides is 2. The molecule has 0 saturated heterocycles. The van der Waals surface area contributed by atoms with Gasteiger partial charge in [-0.05, 0) is 54.3 Å². The number of rotatable bonds is 6. The van der Waals surface area contributed by atoms with E-state index in [2.05, 4.69) is 15.6 Å². The van der Waals surface area contributed by atoms with Crippen molar-refractivity contribution in [2.45, 2.75) is 53.3 Å². The van der Waals surface area contributed by atoms with E-state index in [-0.39, 0.29) is 22.7 Å². The molecule has 1 aromatic heterocycles. The molecule has 208 valence electrons. The second kappa shape index (κ2) is 11.5. The highest BCUT2D eigenvalue weighted by molar-refractivity contribution is 14.1. The maximum Gasteiger partial charge on any atom is 0.416 e. The summed E-state index contributed by atoms with van der Waals surface area (Å²) in [6, 6.07) is 10.7. The van der Waals surface area contributed by atoms with Crippen LogP contribution >= 0.6 is 34.2 Å². The molecule has 3 atom stereocenters. The van der Waals surface area contributed by atoms with Gasteiger partial charge in [0.05, 0.1) is 26.2 Å². The Morgan fingerprint density at radius 1 is 1.05 bits per heavy atom. The fraction of sp³-hybridized carbons (Fsp3) is 0.333. The molecule has 1 fully saturated rings. The lowest BCUT2D eigenvalue weighted by Crippen LogP contribution is -2.58. The van der Waals surface area contributed by atoms with Crippen LogP contribution in [-0.2, 0) is 11.7 Å². The van der Waals surface area contributed by atoms with Gasteiger partial charge < -0.3 is 10.6 Å². The molecule has 1 heterocycles. The first-order valence-electron chi connectivity index (χ1n) is 12.0. The Bertz CT molecular complexity index is 1310. The Hall–Kier alpha value is -2.54. The number of pyridine rings is 1. The zero-order valence-electron chi connectivity index (χ0n) is 20.2. The van der Waals surface area contributed by atoms with E-state index in [0.717, 1.165) is 12.1 Å². The third kappa shape index (κ3) is 6.45. The largest absolute Gasteiger partial charge is 0.416 e. The SMILES string of the molecule is O=C(NC1CCCCC1(F)F)N[C@@](c1cc(F)cc(C(F)(F)F)c1)(c1ccc(Cl)cn1)C(I)c1ccccc1. The van der Waals surface area contributed by atoms with Crippen LogP contribution < -0.4 is 10.6 Å². The van der Waals surface area contributed by atoms with E-state index >= 15 is 0 Å². The van der Waals surface area contributed by atoms with Gasteiger partial charge in [0, 0.05) is 12.6 Å². The first-order valence-corrected chi connectivity index (χ1v) is 13.6. The van der Waals surface area contributed by atoms with Crippen LogP contribution in [-0.4, -0.2) is 23.0 Å². The molecule has 4 nitrogen and oxygen atoms in total.